The first-order valence-corrected chi connectivity index (χ1v) is 7.48. The maximum Gasteiger partial charge on any atom is 0.278 e. The molecule has 124 valence electrons. The van der Waals surface area contributed by atoms with Gasteiger partial charge in [-0.05, 0) is 12.1 Å². The molecule has 24 heavy (non-hydrogen) atoms. The van der Waals surface area contributed by atoms with Crippen molar-refractivity contribution in [3.63, 3.8) is 0 Å². The molecule has 0 unspecified atom stereocenters. The van der Waals surface area contributed by atoms with Gasteiger partial charge in [0.1, 0.15) is 11.9 Å². The molecule has 0 bridgehead atoms. The molecule has 0 aliphatic carbocycles. The number of amides is 1. The third kappa shape index (κ3) is 2.31. The van der Waals surface area contributed by atoms with E-state index in [1.165, 1.54) is 4.68 Å². The Morgan fingerprint density at radius 2 is 2.04 bits per heavy atom. The van der Waals surface area contributed by atoms with Gasteiger partial charge in [-0.3, -0.25) is 14.3 Å². The number of hydrogen-bond acceptors (Lipinski definition) is 5. The lowest BCUT2D eigenvalue weighted by Gasteiger charge is -2.41. The van der Waals surface area contributed by atoms with E-state index in [0.717, 1.165) is 6.20 Å². The average Bonchev–Trinajstić information content (AvgIpc) is 2.60. The second-order valence-corrected chi connectivity index (χ2v) is 5.49. The van der Waals surface area contributed by atoms with Gasteiger partial charge in [-0.1, -0.05) is 18.2 Å². The summed E-state index contributed by atoms with van der Waals surface area (Å²) in [6.07, 6.45) is 0.546. The first-order chi connectivity index (χ1) is 11.6. The van der Waals surface area contributed by atoms with Crippen LogP contribution in [0.15, 0.2) is 41.3 Å². The van der Waals surface area contributed by atoms with Crippen LogP contribution in [0.3, 0.4) is 0 Å². The summed E-state index contributed by atoms with van der Waals surface area (Å²) in [5.41, 5.74) is 1.98. The van der Waals surface area contributed by atoms with E-state index >= 15 is 0 Å². The number of fused-ring (bicyclic) bond motifs is 2. The summed E-state index contributed by atoms with van der Waals surface area (Å²) in [6.45, 7) is 1.07. The lowest BCUT2D eigenvalue weighted by atomic mass is 10.2. The van der Waals surface area contributed by atoms with E-state index in [9.17, 15) is 14.0 Å². The molecule has 0 saturated carbocycles. The maximum atomic E-state index is 14.0. The average molecular weight is 331 g/mol. The third-order valence-electron chi connectivity index (χ3n) is 3.96. The van der Waals surface area contributed by atoms with Crippen LogP contribution in [0, 0.1) is 5.82 Å². The molecule has 8 heteroatoms. The smallest absolute Gasteiger partial charge is 0.278 e. The van der Waals surface area contributed by atoms with E-state index in [0.29, 0.717) is 18.9 Å². The highest BCUT2D eigenvalue weighted by Crippen LogP contribution is 2.27. The van der Waals surface area contributed by atoms with Crippen LogP contribution in [0.1, 0.15) is 10.5 Å². The summed E-state index contributed by atoms with van der Waals surface area (Å²) < 4.78 is 26.1. The summed E-state index contributed by atoms with van der Waals surface area (Å²) in [5.74, 6) is -1.39. The van der Waals surface area contributed by atoms with Crippen molar-refractivity contribution in [2.24, 2.45) is 0 Å². The topological polar surface area (TPSA) is 72.8 Å². The van der Waals surface area contributed by atoms with E-state index in [1.807, 2.05) is 0 Å². The largest absolute Gasteiger partial charge is 0.451 e. The van der Waals surface area contributed by atoms with E-state index in [4.69, 9.17) is 9.47 Å². The van der Waals surface area contributed by atoms with Crippen LogP contribution in [0.25, 0.3) is 0 Å². The minimum atomic E-state index is -1.00. The molecule has 1 atom stereocenters. The lowest BCUT2D eigenvalue weighted by molar-refractivity contribution is -0.00319. The SMILES string of the molecule is O=C1c2c(Oc3ccccc3)c(=O)c(F)cn2N[C@@H]2COCCN12. The molecule has 1 saturated heterocycles. The predicted octanol–water partition coefficient (Wildman–Crippen LogP) is 1.14. The second kappa shape index (κ2) is 5.64. The molecule has 1 amide bonds. The summed E-state index contributed by atoms with van der Waals surface area (Å²) >= 11 is 0. The molecular formula is C16H14FN3O4. The van der Waals surface area contributed by atoms with Gasteiger partial charge in [0.05, 0.1) is 19.4 Å². The van der Waals surface area contributed by atoms with E-state index in [-0.39, 0.29) is 18.1 Å². The Labute approximate surface area is 136 Å². The second-order valence-electron chi connectivity index (χ2n) is 5.49. The van der Waals surface area contributed by atoms with E-state index < -0.39 is 23.3 Å². The number of halogens is 1. The molecule has 0 radical (unpaired) electrons. The molecule has 2 aliphatic heterocycles. The Morgan fingerprint density at radius 1 is 1.25 bits per heavy atom. The molecule has 1 aromatic carbocycles. The minimum absolute atomic E-state index is 0.0246. The van der Waals surface area contributed by atoms with Crippen molar-refractivity contribution in [2.75, 3.05) is 25.2 Å². The zero-order valence-electron chi connectivity index (χ0n) is 12.6. The summed E-state index contributed by atoms with van der Waals surface area (Å²) in [7, 11) is 0. The van der Waals surface area contributed by atoms with Crippen LogP contribution >= 0.6 is 0 Å². The highest BCUT2D eigenvalue weighted by molar-refractivity contribution is 5.96. The molecule has 1 N–H and O–H groups in total. The van der Waals surface area contributed by atoms with Crippen LogP contribution in [-0.2, 0) is 4.74 Å². The molecule has 0 spiro atoms. The number of nitrogens with zero attached hydrogens (tertiary/aromatic N) is 2. The third-order valence-corrected chi connectivity index (χ3v) is 3.96. The highest BCUT2D eigenvalue weighted by Gasteiger charge is 2.38. The van der Waals surface area contributed by atoms with Crippen molar-refractivity contribution in [3.8, 4) is 11.5 Å². The molecule has 2 aromatic rings. The first-order valence-electron chi connectivity index (χ1n) is 7.48. The summed E-state index contributed by atoms with van der Waals surface area (Å²) in [4.78, 5) is 26.6. The van der Waals surface area contributed by atoms with Crippen LogP contribution in [0.5, 0.6) is 11.5 Å². The molecule has 3 heterocycles. The fourth-order valence-electron chi connectivity index (χ4n) is 2.82. The predicted molar refractivity (Wildman–Crippen MR) is 82.2 cm³/mol. The van der Waals surface area contributed by atoms with E-state index in [1.54, 1.807) is 35.2 Å². The molecule has 7 nitrogen and oxygen atoms in total. The highest BCUT2D eigenvalue weighted by atomic mass is 19.1. The van der Waals surface area contributed by atoms with Crippen molar-refractivity contribution in [1.82, 2.24) is 9.58 Å². The maximum absolute atomic E-state index is 14.0. The zero-order chi connectivity index (χ0) is 16.7. The standard InChI is InChI=1S/C16H14FN3O4/c17-11-8-20-13(16(22)19-6-7-23-9-12(19)18-20)15(14(11)21)24-10-4-2-1-3-5-10/h1-5,8,12,18H,6-7,9H2/t12-/m0/s1. The van der Waals surface area contributed by atoms with Crippen molar-refractivity contribution in [2.45, 2.75) is 6.17 Å². The first kappa shape index (κ1) is 14.7. The fraction of sp³-hybridized carbons (Fsp3) is 0.250. The van der Waals surface area contributed by atoms with Gasteiger partial charge in [0.2, 0.25) is 5.75 Å². The number of morpholine rings is 1. The normalized spacial score (nSPS) is 19.3. The van der Waals surface area contributed by atoms with Gasteiger partial charge in [0.15, 0.2) is 11.5 Å². The van der Waals surface area contributed by atoms with Gasteiger partial charge in [-0.25, -0.2) is 4.39 Å². The Hall–Kier alpha value is -2.87. The van der Waals surface area contributed by atoms with Crippen molar-refractivity contribution < 1.29 is 18.7 Å². The molecular weight excluding hydrogens is 317 g/mol. The number of ether oxygens (including phenoxy) is 2. The van der Waals surface area contributed by atoms with Crippen LogP contribution in [0.4, 0.5) is 4.39 Å². The summed E-state index contributed by atoms with van der Waals surface area (Å²) in [6, 6.07) is 8.47. The molecule has 4 rings (SSSR count). The Bertz CT molecular complexity index is 852. The quantitative estimate of drug-likeness (QED) is 0.893. The molecule has 1 fully saturated rings. The zero-order valence-corrected chi connectivity index (χ0v) is 12.6. The number of rotatable bonds is 2. The number of aromatic nitrogens is 1. The van der Waals surface area contributed by atoms with Crippen LogP contribution in [-0.4, -0.2) is 41.4 Å². The van der Waals surface area contributed by atoms with Crippen LogP contribution in [0.2, 0.25) is 0 Å². The number of para-hydroxylation sites is 1. The molecule has 2 aliphatic rings. The summed E-state index contributed by atoms with van der Waals surface area (Å²) in [5, 5.41) is 0. The number of pyridine rings is 1. The number of carbonyl (C=O) groups excluding carboxylic acids is 1. The number of benzene rings is 1. The Kier molecular flexibility index (Phi) is 3.46. The van der Waals surface area contributed by atoms with Gasteiger partial charge >= 0.3 is 0 Å². The van der Waals surface area contributed by atoms with Crippen molar-refractivity contribution >= 4 is 5.91 Å². The van der Waals surface area contributed by atoms with Gasteiger partial charge in [-0.15, -0.1) is 0 Å². The minimum Gasteiger partial charge on any atom is -0.451 e. The van der Waals surface area contributed by atoms with Gasteiger partial charge < -0.3 is 19.8 Å². The fourth-order valence-corrected chi connectivity index (χ4v) is 2.82. The number of carbonyl (C=O) groups is 1. The van der Waals surface area contributed by atoms with Crippen LogP contribution < -0.4 is 15.6 Å². The monoisotopic (exact) mass is 331 g/mol. The van der Waals surface area contributed by atoms with Gasteiger partial charge in [0, 0.05) is 6.54 Å². The lowest BCUT2D eigenvalue weighted by Crippen LogP contribution is -2.59. The number of nitrogens with one attached hydrogen (secondary N) is 1. The van der Waals surface area contributed by atoms with Crippen molar-refractivity contribution in [3.05, 3.63) is 58.3 Å². The van der Waals surface area contributed by atoms with Gasteiger partial charge in [0.25, 0.3) is 11.3 Å². The molecule has 1 aromatic heterocycles. The number of hydrogen-bond donors (Lipinski definition) is 1. The van der Waals surface area contributed by atoms with Crippen molar-refractivity contribution in [1.29, 1.82) is 0 Å². The van der Waals surface area contributed by atoms with E-state index in [2.05, 4.69) is 5.43 Å². The van der Waals surface area contributed by atoms with Gasteiger partial charge in [-0.2, -0.15) is 0 Å². The Balaban J connectivity index is 1.84. The Morgan fingerprint density at radius 3 is 2.83 bits per heavy atom.